The van der Waals surface area contributed by atoms with E-state index in [1.54, 1.807) is 6.07 Å². The van der Waals surface area contributed by atoms with Gasteiger partial charge < -0.3 is 14.7 Å². The lowest BCUT2D eigenvalue weighted by molar-refractivity contribution is -0.207. The van der Waals surface area contributed by atoms with Gasteiger partial charge in [-0.15, -0.1) is 10.2 Å². The normalized spacial score (nSPS) is 15.1. The van der Waals surface area contributed by atoms with Crippen LogP contribution < -0.4 is 10.6 Å². The van der Waals surface area contributed by atoms with E-state index >= 15 is 0 Å². The number of anilines is 1. The molecule has 10 nitrogen and oxygen atoms in total. The van der Waals surface area contributed by atoms with Gasteiger partial charge in [0, 0.05) is 23.7 Å². The summed E-state index contributed by atoms with van der Waals surface area (Å²) >= 11 is 5.93. The number of alkyl halides is 3. The third-order valence-corrected chi connectivity index (χ3v) is 6.28. The first-order valence-electron chi connectivity index (χ1n) is 11.8. The van der Waals surface area contributed by atoms with E-state index in [9.17, 15) is 27.5 Å². The lowest BCUT2D eigenvalue weighted by Gasteiger charge is -2.27. The summed E-state index contributed by atoms with van der Waals surface area (Å²) < 4.78 is 61.9. The number of hydrogen-bond donors (Lipinski definition) is 1. The monoisotopic (exact) mass is 567 g/mol. The highest BCUT2D eigenvalue weighted by atomic mass is 35.5. The molecule has 5 rings (SSSR count). The maximum atomic E-state index is 14.0. The Bertz CT molecular complexity index is 1510. The Morgan fingerprint density at radius 3 is 2.46 bits per heavy atom. The van der Waals surface area contributed by atoms with Crippen LogP contribution in [-0.4, -0.2) is 72.8 Å². The van der Waals surface area contributed by atoms with Crippen molar-refractivity contribution < 1.29 is 27.4 Å². The minimum Gasteiger partial charge on any atom is -0.382 e. The lowest BCUT2D eigenvalue weighted by Crippen LogP contribution is -2.38. The van der Waals surface area contributed by atoms with E-state index in [0.29, 0.717) is 48.5 Å². The van der Waals surface area contributed by atoms with Crippen molar-refractivity contribution in [1.29, 1.82) is 0 Å². The highest BCUT2D eigenvalue weighted by Crippen LogP contribution is 2.25. The van der Waals surface area contributed by atoms with Crippen LogP contribution >= 0.6 is 11.6 Å². The molecule has 0 amide bonds. The average Bonchev–Trinajstić information content (AvgIpc) is 3.46. The van der Waals surface area contributed by atoms with Crippen LogP contribution in [0.15, 0.2) is 53.3 Å². The molecule has 1 N–H and O–H groups in total. The molecule has 3 heterocycles. The molecule has 2 aromatic heterocycles. The van der Waals surface area contributed by atoms with E-state index < -0.39 is 30.3 Å². The highest BCUT2D eigenvalue weighted by Gasteiger charge is 2.39. The fourth-order valence-electron chi connectivity index (χ4n) is 4.09. The maximum absolute atomic E-state index is 14.0. The van der Waals surface area contributed by atoms with E-state index in [1.807, 2.05) is 4.90 Å². The summed E-state index contributed by atoms with van der Waals surface area (Å²) in [6.45, 7) is 0.525. The molecular formula is C24H22ClF4N7O3. The van der Waals surface area contributed by atoms with Gasteiger partial charge in [0.05, 0.1) is 25.4 Å². The molecule has 4 aromatic rings. The van der Waals surface area contributed by atoms with Crippen molar-refractivity contribution >= 4 is 17.5 Å². The van der Waals surface area contributed by atoms with Crippen LogP contribution in [0.25, 0.3) is 17.1 Å². The molecule has 0 spiro atoms. The van der Waals surface area contributed by atoms with Crippen LogP contribution in [0, 0.1) is 5.82 Å². The number of rotatable bonds is 7. The third-order valence-electron chi connectivity index (χ3n) is 6.03. The molecule has 15 heteroatoms. The Morgan fingerprint density at radius 1 is 1.08 bits per heavy atom. The topological polar surface area (TPSA) is 103 Å². The van der Waals surface area contributed by atoms with E-state index in [4.69, 9.17) is 16.3 Å². The second kappa shape index (κ2) is 10.8. The highest BCUT2D eigenvalue weighted by molar-refractivity contribution is 6.30. The third kappa shape index (κ3) is 5.82. The zero-order chi connectivity index (χ0) is 27.7. The SMILES string of the molecule is O=c1n(Cc2nc(N3CCOCC3)n(-c3cccc(F)c3)n2)nc(-c2ccc(Cl)cc2)n1CC(O)C(F)(F)F. The smallest absolute Gasteiger partial charge is 0.382 e. The first-order valence-corrected chi connectivity index (χ1v) is 12.2. The first-order chi connectivity index (χ1) is 18.6. The number of morpholine rings is 1. The van der Waals surface area contributed by atoms with Gasteiger partial charge in [-0.3, -0.25) is 4.57 Å². The molecule has 1 aliphatic rings. The first kappa shape index (κ1) is 26.8. The van der Waals surface area contributed by atoms with Crippen molar-refractivity contribution in [1.82, 2.24) is 29.1 Å². The fourth-order valence-corrected chi connectivity index (χ4v) is 4.22. The summed E-state index contributed by atoms with van der Waals surface area (Å²) in [6.07, 6.45) is -7.74. The number of aromatic nitrogens is 6. The van der Waals surface area contributed by atoms with Gasteiger partial charge in [0.1, 0.15) is 12.4 Å². The van der Waals surface area contributed by atoms with Crippen LogP contribution in [0.1, 0.15) is 5.82 Å². The number of aliphatic hydroxyl groups is 1. The number of ether oxygens (including phenoxy) is 1. The second-order valence-corrected chi connectivity index (χ2v) is 9.19. The van der Waals surface area contributed by atoms with Crippen molar-refractivity contribution in [2.75, 3.05) is 31.2 Å². The van der Waals surface area contributed by atoms with Gasteiger partial charge >= 0.3 is 11.9 Å². The van der Waals surface area contributed by atoms with Crippen molar-refractivity contribution in [3.8, 4) is 17.1 Å². The van der Waals surface area contributed by atoms with Crippen LogP contribution in [0.2, 0.25) is 5.02 Å². The summed E-state index contributed by atoms with van der Waals surface area (Å²) in [6, 6.07) is 11.7. The Balaban J connectivity index is 1.55. The second-order valence-electron chi connectivity index (χ2n) is 8.76. The van der Waals surface area contributed by atoms with E-state index in [-0.39, 0.29) is 18.2 Å². The van der Waals surface area contributed by atoms with Gasteiger partial charge in [-0.2, -0.15) is 22.8 Å². The van der Waals surface area contributed by atoms with Crippen molar-refractivity contribution in [3.63, 3.8) is 0 Å². The van der Waals surface area contributed by atoms with E-state index in [2.05, 4.69) is 15.2 Å². The summed E-state index contributed by atoms with van der Waals surface area (Å²) in [5.41, 5.74) is -0.196. The maximum Gasteiger partial charge on any atom is 0.416 e. The standard InChI is InChI=1S/C24H22ClF4N7O3/c25-16-6-4-15(5-7-16)21-32-35(23(38)34(21)13-19(37)24(27,28)29)14-20-30-22(33-8-10-39-11-9-33)36(31-20)18-3-1-2-17(26)12-18/h1-7,12,19,37H,8-11,13-14H2. The fraction of sp³-hybridized carbons (Fsp3) is 0.333. The predicted molar refractivity (Wildman–Crippen MR) is 132 cm³/mol. The number of hydrogen-bond acceptors (Lipinski definition) is 7. The van der Waals surface area contributed by atoms with Gasteiger partial charge in [-0.25, -0.2) is 13.9 Å². The Kier molecular flexibility index (Phi) is 7.42. The van der Waals surface area contributed by atoms with Gasteiger partial charge in [0.15, 0.2) is 17.8 Å². The Hall–Kier alpha value is -3.75. The molecule has 0 aliphatic carbocycles. The zero-order valence-electron chi connectivity index (χ0n) is 20.2. The molecule has 0 radical (unpaired) electrons. The number of halogens is 5. The lowest BCUT2D eigenvalue weighted by atomic mass is 10.2. The molecule has 1 aliphatic heterocycles. The molecule has 0 saturated carbocycles. The predicted octanol–water partition coefficient (Wildman–Crippen LogP) is 2.89. The summed E-state index contributed by atoms with van der Waals surface area (Å²) in [5.74, 6) is -0.0791. The molecule has 206 valence electrons. The summed E-state index contributed by atoms with van der Waals surface area (Å²) in [4.78, 5) is 19.7. The van der Waals surface area contributed by atoms with Crippen molar-refractivity contribution in [2.45, 2.75) is 25.4 Å². The molecular weight excluding hydrogens is 546 g/mol. The largest absolute Gasteiger partial charge is 0.416 e. The minimum absolute atomic E-state index is 0.0991. The van der Waals surface area contributed by atoms with Gasteiger partial charge in [-0.05, 0) is 42.5 Å². The molecule has 39 heavy (non-hydrogen) atoms. The van der Waals surface area contributed by atoms with Gasteiger partial charge in [0.2, 0.25) is 5.95 Å². The van der Waals surface area contributed by atoms with E-state index in [1.165, 1.54) is 47.1 Å². The number of benzene rings is 2. The Morgan fingerprint density at radius 2 is 1.79 bits per heavy atom. The summed E-state index contributed by atoms with van der Waals surface area (Å²) in [5, 5.41) is 18.8. The van der Waals surface area contributed by atoms with Crippen molar-refractivity contribution in [3.05, 3.63) is 75.7 Å². The molecule has 1 saturated heterocycles. The quantitative estimate of drug-likeness (QED) is 0.343. The van der Waals surface area contributed by atoms with Crippen LogP contribution in [-0.2, 0) is 17.8 Å². The molecule has 1 unspecified atom stereocenters. The Labute approximate surface area is 223 Å². The number of nitrogens with zero attached hydrogens (tertiary/aromatic N) is 7. The van der Waals surface area contributed by atoms with Gasteiger partial charge in [0.25, 0.3) is 0 Å². The van der Waals surface area contributed by atoms with Crippen LogP contribution in [0.5, 0.6) is 0 Å². The van der Waals surface area contributed by atoms with Gasteiger partial charge in [-0.1, -0.05) is 17.7 Å². The summed E-state index contributed by atoms with van der Waals surface area (Å²) in [7, 11) is 0. The van der Waals surface area contributed by atoms with Crippen LogP contribution in [0.4, 0.5) is 23.5 Å². The minimum atomic E-state index is -4.95. The van der Waals surface area contributed by atoms with Crippen molar-refractivity contribution in [2.24, 2.45) is 0 Å². The molecule has 1 fully saturated rings. The molecule has 0 bridgehead atoms. The number of aliphatic hydroxyl groups excluding tert-OH is 1. The van der Waals surface area contributed by atoms with Crippen LogP contribution in [0.3, 0.4) is 0 Å². The average molecular weight is 568 g/mol. The molecule has 2 aromatic carbocycles. The molecule has 1 atom stereocenters. The van der Waals surface area contributed by atoms with E-state index in [0.717, 1.165) is 9.25 Å². The zero-order valence-corrected chi connectivity index (χ0v) is 21.0.